The summed E-state index contributed by atoms with van der Waals surface area (Å²) in [6.07, 6.45) is 6.30. The van der Waals surface area contributed by atoms with E-state index in [9.17, 15) is 0 Å². The first-order chi connectivity index (χ1) is 9.88. The first kappa shape index (κ1) is 13.3. The van der Waals surface area contributed by atoms with Gasteiger partial charge in [-0.3, -0.25) is 0 Å². The lowest BCUT2D eigenvalue weighted by Gasteiger charge is -2.23. The quantitative estimate of drug-likeness (QED) is 0.928. The van der Waals surface area contributed by atoms with Crippen LogP contribution in [0.5, 0.6) is 0 Å². The van der Waals surface area contributed by atoms with Crippen molar-refractivity contribution in [2.75, 3.05) is 20.2 Å². The van der Waals surface area contributed by atoms with E-state index >= 15 is 0 Å². The Morgan fingerprint density at radius 3 is 3.00 bits per heavy atom. The average molecular weight is 271 g/mol. The van der Waals surface area contributed by atoms with Gasteiger partial charge in [-0.25, -0.2) is 4.98 Å². The van der Waals surface area contributed by atoms with Crippen LogP contribution in [-0.2, 0) is 11.3 Å². The van der Waals surface area contributed by atoms with Crippen LogP contribution in [0.1, 0.15) is 30.0 Å². The molecule has 0 aliphatic carbocycles. The molecule has 0 spiro atoms. The van der Waals surface area contributed by atoms with Crippen LogP contribution in [0.25, 0.3) is 5.69 Å². The lowest BCUT2D eigenvalue weighted by molar-refractivity contribution is 0.185. The van der Waals surface area contributed by atoms with Gasteiger partial charge in [0.15, 0.2) is 0 Å². The van der Waals surface area contributed by atoms with E-state index in [2.05, 4.69) is 39.1 Å². The summed E-state index contributed by atoms with van der Waals surface area (Å²) >= 11 is 0. The Bertz CT molecular complexity index is 558. The fourth-order valence-corrected chi connectivity index (χ4v) is 2.90. The van der Waals surface area contributed by atoms with Crippen molar-refractivity contribution in [2.45, 2.75) is 25.4 Å². The highest BCUT2D eigenvalue weighted by Gasteiger charge is 2.19. The average Bonchev–Trinajstić information content (AvgIpc) is 2.98. The van der Waals surface area contributed by atoms with Gasteiger partial charge in [-0.2, -0.15) is 0 Å². The smallest absolute Gasteiger partial charge is 0.0994 e. The fourth-order valence-electron chi connectivity index (χ4n) is 2.90. The Hall–Kier alpha value is -1.65. The fraction of sp³-hybridized carbons (Fsp3) is 0.438. The van der Waals surface area contributed by atoms with Crippen molar-refractivity contribution in [3.63, 3.8) is 0 Å². The van der Waals surface area contributed by atoms with Gasteiger partial charge in [0.05, 0.1) is 12.9 Å². The van der Waals surface area contributed by atoms with Gasteiger partial charge in [0, 0.05) is 30.6 Å². The van der Waals surface area contributed by atoms with E-state index < -0.39 is 0 Å². The number of piperidine rings is 1. The van der Waals surface area contributed by atoms with Gasteiger partial charge in [0.2, 0.25) is 0 Å². The summed E-state index contributed by atoms with van der Waals surface area (Å²) in [5, 5.41) is 3.42. The molecule has 1 N–H and O–H groups in total. The first-order valence-electron chi connectivity index (χ1n) is 7.19. The van der Waals surface area contributed by atoms with Crippen LogP contribution in [-0.4, -0.2) is 29.8 Å². The second kappa shape index (κ2) is 6.20. The largest absolute Gasteiger partial charge is 0.380 e. The minimum atomic E-state index is 0.602. The second-order valence-corrected chi connectivity index (χ2v) is 5.32. The van der Waals surface area contributed by atoms with Crippen molar-refractivity contribution < 1.29 is 4.74 Å². The SMILES string of the molecule is COCc1cccc(-n2cncc2C2CCNCC2)c1. The molecule has 1 fully saturated rings. The number of hydrogen-bond acceptors (Lipinski definition) is 3. The Labute approximate surface area is 119 Å². The lowest BCUT2D eigenvalue weighted by atomic mass is 9.95. The molecule has 3 rings (SSSR count). The molecule has 1 aromatic carbocycles. The van der Waals surface area contributed by atoms with Gasteiger partial charge < -0.3 is 14.6 Å². The van der Waals surface area contributed by atoms with Gasteiger partial charge in [-0.1, -0.05) is 12.1 Å². The molecule has 1 aromatic heterocycles. The zero-order valence-electron chi connectivity index (χ0n) is 11.9. The molecular weight excluding hydrogens is 250 g/mol. The molecule has 0 unspecified atom stereocenters. The third-order valence-corrected chi connectivity index (χ3v) is 3.92. The van der Waals surface area contributed by atoms with Crippen LogP contribution in [0.15, 0.2) is 36.8 Å². The summed E-state index contributed by atoms with van der Waals surface area (Å²) in [6, 6.07) is 8.48. The first-order valence-corrected chi connectivity index (χ1v) is 7.19. The molecule has 0 amide bonds. The number of benzene rings is 1. The van der Waals surface area contributed by atoms with Crippen molar-refractivity contribution in [3.8, 4) is 5.69 Å². The normalized spacial score (nSPS) is 16.4. The highest BCUT2D eigenvalue weighted by Crippen LogP contribution is 2.27. The van der Waals surface area contributed by atoms with Crippen LogP contribution in [0, 0.1) is 0 Å². The molecule has 4 nitrogen and oxygen atoms in total. The van der Waals surface area contributed by atoms with E-state index in [1.165, 1.54) is 29.8 Å². The van der Waals surface area contributed by atoms with E-state index in [1.807, 2.05) is 12.5 Å². The number of aromatic nitrogens is 2. The molecular formula is C16H21N3O. The molecule has 1 aliphatic rings. The van der Waals surface area contributed by atoms with Gasteiger partial charge in [-0.05, 0) is 43.6 Å². The maximum Gasteiger partial charge on any atom is 0.0994 e. The van der Waals surface area contributed by atoms with Crippen molar-refractivity contribution in [2.24, 2.45) is 0 Å². The van der Waals surface area contributed by atoms with Crippen molar-refractivity contribution >= 4 is 0 Å². The predicted octanol–water partition coefficient (Wildman–Crippen LogP) is 2.49. The summed E-state index contributed by atoms with van der Waals surface area (Å²) in [7, 11) is 1.73. The molecule has 2 heterocycles. The van der Waals surface area contributed by atoms with Gasteiger partial charge in [0.1, 0.15) is 0 Å². The Balaban J connectivity index is 1.90. The van der Waals surface area contributed by atoms with Crippen LogP contribution >= 0.6 is 0 Å². The van der Waals surface area contributed by atoms with E-state index in [0.29, 0.717) is 12.5 Å². The van der Waals surface area contributed by atoms with E-state index in [4.69, 9.17) is 4.74 Å². The van der Waals surface area contributed by atoms with Gasteiger partial charge in [-0.15, -0.1) is 0 Å². The van der Waals surface area contributed by atoms with E-state index in [0.717, 1.165) is 13.1 Å². The van der Waals surface area contributed by atoms with E-state index in [-0.39, 0.29) is 0 Å². The molecule has 0 radical (unpaired) electrons. The molecule has 4 heteroatoms. The molecule has 106 valence electrons. The van der Waals surface area contributed by atoms with Crippen molar-refractivity contribution in [1.29, 1.82) is 0 Å². The van der Waals surface area contributed by atoms with Crippen molar-refractivity contribution in [1.82, 2.24) is 14.9 Å². The molecule has 2 aromatic rings. The minimum Gasteiger partial charge on any atom is -0.380 e. The zero-order valence-corrected chi connectivity index (χ0v) is 11.9. The van der Waals surface area contributed by atoms with Crippen LogP contribution in [0.4, 0.5) is 0 Å². The van der Waals surface area contributed by atoms with Crippen LogP contribution in [0.2, 0.25) is 0 Å². The highest BCUT2D eigenvalue weighted by molar-refractivity contribution is 5.38. The second-order valence-electron chi connectivity index (χ2n) is 5.32. The predicted molar refractivity (Wildman–Crippen MR) is 79.1 cm³/mol. The van der Waals surface area contributed by atoms with Crippen LogP contribution < -0.4 is 5.32 Å². The number of imidazole rings is 1. The summed E-state index contributed by atoms with van der Waals surface area (Å²) < 4.78 is 7.43. The number of hydrogen-bond donors (Lipinski definition) is 1. The number of rotatable bonds is 4. The van der Waals surface area contributed by atoms with Crippen LogP contribution in [0.3, 0.4) is 0 Å². The standard InChI is InChI=1S/C16H21N3O/c1-20-11-13-3-2-4-15(9-13)19-12-18-10-16(19)14-5-7-17-8-6-14/h2-4,9-10,12,14,17H,5-8,11H2,1H3. The third-order valence-electron chi connectivity index (χ3n) is 3.92. The molecule has 0 atom stereocenters. The number of methoxy groups -OCH3 is 1. The zero-order chi connectivity index (χ0) is 13.8. The Kier molecular flexibility index (Phi) is 4.14. The molecule has 20 heavy (non-hydrogen) atoms. The van der Waals surface area contributed by atoms with Gasteiger partial charge in [0.25, 0.3) is 0 Å². The summed E-state index contributed by atoms with van der Waals surface area (Å²) in [4.78, 5) is 4.36. The Morgan fingerprint density at radius 1 is 1.35 bits per heavy atom. The van der Waals surface area contributed by atoms with Crippen molar-refractivity contribution in [3.05, 3.63) is 48.0 Å². The summed E-state index contributed by atoms with van der Waals surface area (Å²) in [5.74, 6) is 0.602. The highest BCUT2D eigenvalue weighted by atomic mass is 16.5. The maximum atomic E-state index is 5.21. The molecule has 0 bridgehead atoms. The Morgan fingerprint density at radius 2 is 2.20 bits per heavy atom. The van der Waals surface area contributed by atoms with Gasteiger partial charge >= 0.3 is 0 Å². The molecule has 1 saturated heterocycles. The topological polar surface area (TPSA) is 39.1 Å². The maximum absolute atomic E-state index is 5.21. The monoisotopic (exact) mass is 271 g/mol. The summed E-state index contributed by atoms with van der Waals surface area (Å²) in [5.41, 5.74) is 3.68. The minimum absolute atomic E-state index is 0.602. The van der Waals surface area contributed by atoms with E-state index in [1.54, 1.807) is 7.11 Å². The number of ether oxygens (including phenoxy) is 1. The third kappa shape index (κ3) is 2.76. The number of nitrogens with one attached hydrogen (secondary N) is 1. The molecule has 0 saturated carbocycles. The number of nitrogens with zero attached hydrogens (tertiary/aromatic N) is 2. The molecule has 1 aliphatic heterocycles. The summed E-state index contributed by atoms with van der Waals surface area (Å²) in [6.45, 7) is 2.84. The lowest BCUT2D eigenvalue weighted by Crippen LogP contribution is -2.27.